The Labute approximate surface area is 249 Å². The van der Waals surface area contributed by atoms with E-state index in [9.17, 15) is 49.5 Å². The third-order valence-corrected chi connectivity index (χ3v) is 6.74. The highest BCUT2D eigenvalue weighted by Crippen LogP contribution is 2.28. The first-order valence-corrected chi connectivity index (χ1v) is 13.9. The zero-order valence-corrected chi connectivity index (χ0v) is 24.0. The molecule has 0 saturated carbocycles. The Hall–Kier alpha value is -3.99. The van der Waals surface area contributed by atoms with Crippen molar-refractivity contribution < 1.29 is 54.2 Å². The van der Waals surface area contributed by atoms with Gasteiger partial charge in [0.15, 0.2) is 0 Å². The Bertz CT molecular complexity index is 1040. The van der Waals surface area contributed by atoms with Crippen molar-refractivity contribution in [3.05, 3.63) is 24.3 Å². The molecule has 1 aromatic carbocycles. The number of hydrogen-bond donors (Lipinski definition) is 5. The van der Waals surface area contributed by atoms with Crippen LogP contribution in [0.25, 0.3) is 0 Å². The number of para-hydroxylation sites is 2. The third kappa shape index (κ3) is 14.6. The van der Waals surface area contributed by atoms with Gasteiger partial charge in [-0.2, -0.15) is 0 Å². The Morgan fingerprint density at radius 1 is 0.605 bits per heavy atom. The predicted octanol–water partition coefficient (Wildman–Crippen LogP) is -1.09. The third-order valence-electron chi connectivity index (χ3n) is 6.74. The van der Waals surface area contributed by atoms with Crippen molar-refractivity contribution in [1.82, 2.24) is 19.6 Å². The number of nitrogens with zero attached hydrogens (tertiary/aromatic N) is 5. The summed E-state index contributed by atoms with van der Waals surface area (Å²) in [6.45, 7) is 2.11. The van der Waals surface area contributed by atoms with Gasteiger partial charge in [-0.15, -0.1) is 0 Å². The summed E-state index contributed by atoms with van der Waals surface area (Å²) in [5.41, 5.74) is 0.337. The molecule has 2 rings (SSSR count). The van der Waals surface area contributed by atoms with E-state index in [4.69, 9.17) is 4.74 Å². The lowest BCUT2D eigenvalue weighted by molar-refractivity contribution is -0.140. The largest absolute Gasteiger partial charge is 0.491 e. The quantitative estimate of drug-likeness (QED) is 0.140. The monoisotopic (exact) mass is 611 g/mol. The second-order valence-electron chi connectivity index (χ2n) is 10.2. The van der Waals surface area contributed by atoms with E-state index in [1.54, 1.807) is 39.0 Å². The number of rotatable bonds is 16. The van der Waals surface area contributed by atoms with Crippen LogP contribution < -0.4 is 9.64 Å². The zero-order chi connectivity index (χ0) is 31.8. The predicted molar refractivity (Wildman–Crippen MR) is 153 cm³/mol. The first-order chi connectivity index (χ1) is 20.4. The van der Waals surface area contributed by atoms with E-state index in [1.165, 1.54) is 4.90 Å². The van der Waals surface area contributed by atoms with Crippen LogP contribution in [0.3, 0.4) is 0 Å². The van der Waals surface area contributed by atoms with Crippen LogP contribution in [-0.4, -0.2) is 173 Å². The molecule has 0 atom stereocenters. The molecule has 0 radical (unpaired) electrons. The molecule has 16 nitrogen and oxygen atoms in total. The number of carbonyl (C=O) groups is 5. The van der Waals surface area contributed by atoms with Crippen LogP contribution in [0, 0.1) is 0 Å². The van der Waals surface area contributed by atoms with Gasteiger partial charge in [-0.05, 0) is 18.6 Å². The Morgan fingerprint density at radius 2 is 1.00 bits per heavy atom. The average molecular weight is 612 g/mol. The summed E-state index contributed by atoms with van der Waals surface area (Å²) in [6.07, 6.45) is 0.524. The SMILES string of the molecule is O=C(O)CN1CCN(CCCOc2ccccc2N(CC(=O)O)CC(=O)O)CCN(CC(=O)O)CCN(CC(=O)O)CC1. The number of ether oxygens (including phenoxy) is 1. The van der Waals surface area contributed by atoms with Gasteiger partial charge in [0.05, 0.1) is 31.9 Å². The summed E-state index contributed by atoms with van der Waals surface area (Å²) in [5, 5.41) is 46.5. The van der Waals surface area contributed by atoms with Crippen LogP contribution in [0.2, 0.25) is 0 Å². The van der Waals surface area contributed by atoms with Gasteiger partial charge in [0.1, 0.15) is 18.8 Å². The molecule has 0 bridgehead atoms. The molecular weight excluding hydrogens is 570 g/mol. The summed E-state index contributed by atoms with van der Waals surface area (Å²) in [6, 6.07) is 6.56. The van der Waals surface area contributed by atoms with E-state index in [0.29, 0.717) is 76.8 Å². The van der Waals surface area contributed by atoms with Crippen molar-refractivity contribution in [2.75, 3.05) is 103 Å². The molecule has 5 N–H and O–H groups in total. The summed E-state index contributed by atoms with van der Waals surface area (Å²) in [5.74, 6) is -5.05. The molecule has 1 aromatic rings. The van der Waals surface area contributed by atoms with Crippen molar-refractivity contribution in [2.45, 2.75) is 6.42 Å². The molecule has 1 heterocycles. The molecule has 43 heavy (non-hydrogen) atoms. The fourth-order valence-corrected chi connectivity index (χ4v) is 4.71. The number of carboxylic acids is 5. The number of hydrogen-bond acceptors (Lipinski definition) is 11. The van der Waals surface area contributed by atoms with Crippen LogP contribution in [0.15, 0.2) is 24.3 Å². The lowest BCUT2D eigenvalue weighted by Gasteiger charge is -2.33. The average Bonchev–Trinajstić information content (AvgIpc) is 2.90. The maximum atomic E-state index is 11.5. The topological polar surface area (TPSA) is 212 Å². The Balaban J connectivity index is 2.08. The molecule has 0 spiro atoms. The van der Waals surface area contributed by atoms with Gasteiger partial charge in [0.2, 0.25) is 0 Å². The van der Waals surface area contributed by atoms with Gasteiger partial charge in [-0.1, -0.05) is 12.1 Å². The molecule has 1 saturated heterocycles. The minimum Gasteiger partial charge on any atom is -0.491 e. The van der Waals surface area contributed by atoms with Crippen molar-refractivity contribution in [3.63, 3.8) is 0 Å². The van der Waals surface area contributed by atoms with Gasteiger partial charge in [0, 0.05) is 58.9 Å². The van der Waals surface area contributed by atoms with Crippen LogP contribution >= 0.6 is 0 Å². The van der Waals surface area contributed by atoms with E-state index in [1.807, 2.05) is 0 Å². The smallest absolute Gasteiger partial charge is 0.323 e. The summed E-state index contributed by atoms with van der Waals surface area (Å²) in [7, 11) is 0. The highest BCUT2D eigenvalue weighted by molar-refractivity contribution is 5.81. The zero-order valence-electron chi connectivity index (χ0n) is 24.0. The molecule has 1 fully saturated rings. The first kappa shape index (κ1) is 35.2. The van der Waals surface area contributed by atoms with E-state index >= 15 is 0 Å². The molecule has 1 aliphatic heterocycles. The molecule has 0 amide bonds. The molecule has 1 aliphatic rings. The van der Waals surface area contributed by atoms with Crippen molar-refractivity contribution in [1.29, 1.82) is 0 Å². The van der Waals surface area contributed by atoms with Gasteiger partial charge < -0.3 is 40.1 Å². The minimum atomic E-state index is -1.19. The Morgan fingerprint density at radius 3 is 1.40 bits per heavy atom. The molecular formula is C27H41N5O11. The highest BCUT2D eigenvalue weighted by Gasteiger charge is 2.21. The van der Waals surface area contributed by atoms with Crippen molar-refractivity contribution in [3.8, 4) is 5.75 Å². The summed E-state index contributed by atoms with van der Waals surface area (Å²) >= 11 is 0. The maximum absolute atomic E-state index is 11.5. The van der Waals surface area contributed by atoms with E-state index < -0.39 is 42.9 Å². The van der Waals surface area contributed by atoms with E-state index in [0.717, 1.165) is 0 Å². The highest BCUT2D eigenvalue weighted by atomic mass is 16.5. The van der Waals surface area contributed by atoms with Crippen LogP contribution in [0.5, 0.6) is 5.75 Å². The van der Waals surface area contributed by atoms with Gasteiger partial charge >= 0.3 is 29.8 Å². The summed E-state index contributed by atoms with van der Waals surface area (Å²) < 4.78 is 5.92. The number of carboxylic acid groups (broad SMARTS) is 5. The number of aliphatic carboxylic acids is 5. The summed E-state index contributed by atoms with van der Waals surface area (Å²) in [4.78, 5) is 65.3. The number of benzene rings is 1. The molecule has 0 aliphatic carbocycles. The molecule has 0 unspecified atom stereocenters. The fourth-order valence-electron chi connectivity index (χ4n) is 4.71. The van der Waals surface area contributed by atoms with Gasteiger partial charge in [-0.25, -0.2) is 0 Å². The van der Waals surface area contributed by atoms with Crippen LogP contribution in [0.4, 0.5) is 5.69 Å². The standard InChI is InChI=1S/C27H41N5O11/c33-23(34)16-29-9-7-28(8-10-30(17-24(35)36)12-14-31(13-11-29)18-25(37)38)6-3-15-43-22-5-2-1-4-21(22)32(19-26(39)40)20-27(41)42/h1-2,4-5H,3,6-20H2,(H,33,34)(H,35,36)(H,37,38)(H,39,40)(H,41,42). The molecule has 0 aromatic heterocycles. The van der Waals surface area contributed by atoms with Crippen molar-refractivity contribution in [2.24, 2.45) is 0 Å². The van der Waals surface area contributed by atoms with Crippen molar-refractivity contribution >= 4 is 35.5 Å². The molecule has 240 valence electrons. The minimum absolute atomic E-state index is 0.205. The maximum Gasteiger partial charge on any atom is 0.323 e. The van der Waals surface area contributed by atoms with Gasteiger partial charge in [0.25, 0.3) is 0 Å². The lowest BCUT2D eigenvalue weighted by atomic mass is 10.2. The fraction of sp³-hybridized carbons (Fsp3) is 0.593. The van der Waals surface area contributed by atoms with E-state index in [-0.39, 0.29) is 26.2 Å². The number of anilines is 1. The lowest BCUT2D eigenvalue weighted by Crippen LogP contribution is -2.48. The normalized spacial score (nSPS) is 16.5. The van der Waals surface area contributed by atoms with Crippen LogP contribution in [0.1, 0.15) is 6.42 Å². The van der Waals surface area contributed by atoms with Gasteiger partial charge in [-0.3, -0.25) is 38.7 Å². The van der Waals surface area contributed by atoms with Crippen LogP contribution in [-0.2, 0) is 24.0 Å². The second-order valence-corrected chi connectivity index (χ2v) is 10.2. The second kappa shape index (κ2) is 18.5. The Kier molecular flexibility index (Phi) is 15.2. The molecule has 16 heteroatoms. The first-order valence-electron chi connectivity index (χ1n) is 13.9. The van der Waals surface area contributed by atoms with E-state index in [2.05, 4.69) is 4.90 Å².